The quantitative estimate of drug-likeness (QED) is 0.438. The Morgan fingerprint density at radius 2 is 1.60 bits per heavy atom. The Hall–Kier alpha value is -3.10. The van der Waals surface area contributed by atoms with E-state index in [0.29, 0.717) is 5.56 Å². The smallest absolute Gasteiger partial charge is 0.408 e. The summed E-state index contributed by atoms with van der Waals surface area (Å²) in [5, 5.41) is 5.47. The number of hydrogen-bond donors (Lipinski definition) is 3. The van der Waals surface area contributed by atoms with Crippen LogP contribution in [0.15, 0.2) is 18.2 Å². The van der Waals surface area contributed by atoms with Gasteiger partial charge in [0.2, 0.25) is 17.7 Å². The summed E-state index contributed by atoms with van der Waals surface area (Å²) in [7, 11) is 0. The molecule has 3 unspecified atom stereocenters. The number of benzene rings is 1. The van der Waals surface area contributed by atoms with E-state index in [1.807, 2.05) is 45.9 Å². The maximum Gasteiger partial charge on any atom is 0.408 e. The summed E-state index contributed by atoms with van der Waals surface area (Å²) in [6, 6.07) is 3.38. The Kier molecular flexibility index (Phi) is 11.2. The zero-order valence-electron chi connectivity index (χ0n) is 22.4. The summed E-state index contributed by atoms with van der Waals surface area (Å²) in [5.74, 6) is -1.69. The van der Waals surface area contributed by atoms with Gasteiger partial charge in [-0.15, -0.1) is 0 Å². The molecule has 0 aliphatic heterocycles. The van der Waals surface area contributed by atoms with Crippen molar-refractivity contribution < 1.29 is 23.9 Å². The molecule has 0 bridgehead atoms. The van der Waals surface area contributed by atoms with Gasteiger partial charge in [0.15, 0.2) is 0 Å². The molecule has 9 nitrogen and oxygen atoms in total. The van der Waals surface area contributed by atoms with Crippen molar-refractivity contribution in [3.05, 3.63) is 34.9 Å². The molecule has 9 heteroatoms. The third kappa shape index (κ3) is 9.96. The van der Waals surface area contributed by atoms with Gasteiger partial charge >= 0.3 is 6.09 Å². The van der Waals surface area contributed by atoms with Gasteiger partial charge in [-0.25, -0.2) is 4.79 Å². The Labute approximate surface area is 209 Å². The fourth-order valence-corrected chi connectivity index (χ4v) is 3.98. The molecule has 0 saturated carbocycles. The first-order chi connectivity index (χ1) is 16.2. The van der Waals surface area contributed by atoms with Crippen molar-refractivity contribution in [1.82, 2.24) is 15.5 Å². The fraction of sp³-hybridized carbons (Fsp3) is 0.615. The highest BCUT2D eigenvalue weighted by molar-refractivity contribution is 5.94. The second kappa shape index (κ2) is 13.1. The van der Waals surface area contributed by atoms with Gasteiger partial charge in [-0.2, -0.15) is 0 Å². The van der Waals surface area contributed by atoms with Gasteiger partial charge in [-0.1, -0.05) is 42.7 Å². The van der Waals surface area contributed by atoms with Crippen molar-refractivity contribution in [3.8, 4) is 0 Å². The molecule has 3 atom stereocenters. The topological polar surface area (TPSA) is 131 Å². The predicted molar refractivity (Wildman–Crippen MR) is 136 cm³/mol. The maximum atomic E-state index is 13.7. The van der Waals surface area contributed by atoms with Crippen molar-refractivity contribution in [2.24, 2.45) is 5.73 Å². The zero-order valence-corrected chi connectivity index (χ0v) is 22.4. The molecule has 0 fully saturated rings. The van der Waals surface area contributed by atoms with Crippen LogP contribution in [0.2, 0.25) is 0 Å². The molecule has 35 heavy (non-hydrogen) atoms. The number of likely N-dealkylation sites (N-methyl/N-ethyl adjacent to an activating group) is 1. The van der Waals surface area contributed by atoms with Gasteiger partial charge < -0.3 is 26.0 Å². The first-order valence-corrected chi connectivity index (χ1v) is 12.1. The number of rotatable bonds is 11. The van der Waals surface area contributed by atoms with Gasteiger partial charge in [0, 0.05) is 12.6 Å². The van der Waals surface area contributed by atoms with E-state index in [-0.39, 0.29) is 18.5 Å². The molecular weight excluding hydrogens is 448 g/mol. The molecule has 1 aromatic rings. The van der Waals surface area contributed by atoms with Crippen LogP contribution in [0.4, 0.5) is 4.79 Å². The second-order valence-electron chi connectivity index (χ2n) is 10.0. The SMILES string of the molecule is CCCC(C)NC(=O)C(c1cc(C)cc(C)c1)N(CC)C(=O)C(CC(N)=O)NC(=O)OC(C)(C)C. The van der Waals surface area contributed by atoms with Crippen molar-refractivity contribution >= 4 is 23.8 Å². The third-order valence-electron chi connectivity index (χ3n) is 5.25. The molecule has 196 valence electrons. The van der Waals surface area contributed by atoms with Crippen molar-refractivity contribution in [2.75, 3.05) is 6.54 Å². The minimum Gasteiger partial charge on any atom is -0.444 e. The van der Waals surface area contributed by atoms with Gasteiger partial charge in [0.25, 0.3) is 0 Å². The number of nitrogens with two attached hydrogens (primary N) is 1. The zero-order chi connectivity index (χ0) is 26.9. The number of carbonyl (C=O) groups excluding carboxylic acids is 4. The number of aryl methyl sites for hydroxylation is 2. The highest BCUT2D eigenvalue weighted by Crippen LogP contribution is 2.25. The standard InChI is InChI=1S/C26H42N4O5/c1-9-11-18(5)28-23(32)22(19-13-16(3)12-17(4)14-19)30(10-2)24(33)20(15-21(27)31)29-25(34)35-26(6,7)8/h12-14,18,20,22H,9-11,15H2,1-8H3,(H2,27,31)(H,28,32)(H,29,34). The van der Waals surface area contributed by atoms with E-state index in [1.165, 1.54) is 4.90 Å². The van der Waals surface area contributed by atoms with Crippen LogP contribution >= 0.6 is 0 Å². The summed E-state index contributed by atoms with van der Waals surface area (Å²) >= 11 is 0. The Morgan fingerprint density at radius 3 is 2.06 bits per heavy atom. The average Bonchev–Trinajstić information content (AvgIpc) is 2.68. The van der Waals surface area contributed by atoms with Crippen LogP contribution in [0.25, 0.3) is 0 Å². The highest BCUT2D eigenvalue weighted by Gasteiger charge is 2.36. The number of primary amides is 1. The molecule has 0 aromatic heterocycles. The molecule has 1 rings (SSSR count). The van der Waals surface area contributed by atoms with Gasteiger partial charge in [-0.3, -0.25) is 14.4 Å². The van der Waals surface area contributed by atoms with E-state index < -0.39 is 42.0 Å². The minimum absolute atomic E-state index is 0.0870. The van der Waals surface area contributed by atoms with E-state index >= 15 is 0 Å². The van der Waals surface area contributed by atoms with Crippen LogP contribution in [0.5, 0.6) is 0 Å². The molecule has 0 saturated heterocycles. The summed E-state index contributed by atoms with van der Waals surface area (Å²) in [6.45, 7) is 14.8. The lowest BCUT2D eigenvalue weighted by molar-refractivity contribution is -0.143. The van der Waals surface area contributed by atoms with Gasteiger partial charge in [0.05, 0.1) is 6.42 Å². The minimum atomic E-state index is -1.28. The summed E-state index contributed by atoms with van der Waals surface area (Å²) in [5.41, 5.74) is 7.12. The van der Waals surface area contributed by atoms with E-state index in [2.05, 4.69) is 10.6 Å². The first-order valence-electron chi connectivity index (χ1n) is 12.1. The first kappa shape index (κ1) is 29.9. The summed E-state index contributed by atoms with van der Waals surface area (Å²) in [6.07, 6.45) is 0.405. The van der Waals surface area contributed by atoms with E-state index in [1.54, 1.807) is 27.7 Å². The second-order valence-corrected chi connectivity index (χ2v) is 10.0. The Bertz CT molecular complexity index is 889. The fourth-order valence-electron chi connectivity index (χ4n) is 3.98. The van der Waals surface area contributed by atoms with Crippen molar-refractivity contribution in [1.29, 1.82) is 0 Å². The molecule has 0 aliphatic carbocycles. The molecule has 4 N–H and O–H groups in total. The van der Waals surface area contributed by atoms with Crippen LogP contribution in [0.1, 0.15) is 83.5 Å². The lowest BCUT2D eigenvalue weighted by Crippen LogP contribution is -2.54. The monoisotopic (exact) mass is 490 g/mol. The third-order valence-corrected chi connectivity index (χ3v) is 5.25. The number of alkyl carbamates (subject to hydrolysis) is 1. The molecule has 4 amide bonds. The lowest BCUT2D eigenvalue weighted by atomic mass is 9.97. The summed E-state index contributed by atoms with van der Waals surface area (Å²) < 4.78 is 5.26. The molecular formula is C26H42N4O5. The Balaban J connectivity index is 3.43. The van der Waals surface area contributed by atoms with Gasteiger partial charge in [-0.05, 0) is 60.5 Å². The lowest BCUT2D eigenvalue weighted by Gasteiger charge is -2.34. The predicted octanol–water partition coefficient (Wildman–Crippen LogP) is 3.27. The number of ether oxygens (including phenoxy) is 1. The number of carbonyl (C=O) groups is 4. The van der Waals surface area contributed by atoms with Crippen LogP contribution in [-0.4, -0.2) is 52.9 Å². The number of nitrogens with one attached hydrogen (secondary N) is 2. The van der Waals surface area contributed by atoms with Crippen LogP contribution in [0.3, 0.4) is 0 Å². The Morgan fingerprint density at radius 1 is 1.03 bits per heavy atom. The average molecular weight is 491 g/mol. The van der Waals surface area contributed by atoms with Gasteiger partial charge in [0.1, 0.15) is 17.7 Å². The number of amides is 4. The molecule has 1 aromatic carbocycles. The largest absolute Gasteiger partial charge is 0.444 e. The van der Waals surface area contributed by atoms with Crippen molar-refractivity contribution in [2.45, 2.75) is 98.4 Å². The molecule has 0 radical (unpaired) electrons. The molecule has 0 heterocycles. The van der Waals surface area contributed by atoms with Crippen molar-refractivity contribution in [3.63, 3.8) is 0 Å². The van der Waals surface area contributed by atoms with Crippen LogP contribution in [0, 0.1) is 13.8 Å². The van der Waals surface area contributed by atoms with E-state index in [9.17, 15) is 19.2 Å². The summed E-state index contributed by atoms with van der Waals surface area (Å²) in [4.78, 5) is 52.7. The number of hydrogen-bond acceptors (Lipinski definition) is 5. The van der Waals surface area contributed by atoms with Crippen LogP contribution in [-0.2, 0) is 19.1 Å². The maximum absolute atomic E-state index is 13.7. The van der Waals surface area contributed by atoms with E-state index in [4.69, 9.17) is 10.5 Å². The number of nitrogens with zero attached hydrogens (tertiary/aromatic N) is 1. The normalized spacial score (nSPS) is 13.8. The molecule has 0 aliphatic rings. The van der Waals surface area contributed by atoms with Crippen LogP contribution < -0.4 is 16.4 Å². The highest BCUT2D eigenvalue weighted by atomic mass is 16.6. The van der Waals surface area contributed by atoms with E-state index in [0.717, 1.165) is 24.0 Å². The molecule has 0 spiro atoms.